The predicted octanol–water partition coefficient (Wildman–Crippen LogP) is 3.29. The molecule has 0 aliphatic carbocycles. The van der Waals surface area contributed by atoms with Gasteiger partial charge in [-0.15, -0.1) is 0 Å². The number of rotatable bonds is 4. The summed E-state index contributed by atoms with van der Waals surface area (Å²) in [6.07, 6.45) is 1.37. The van der Waals surface area contributed by atoms with E-state index in [2.05, 4.69) is 0 Å². The Hall–Kier alpha value is -2.88. The Kier molecular flexibility index (Phi) is 3.28. The number of carboxylic acid groups (broad SMARTS) is 1. The zero-order valence-electron chi connectivity index (χ0n) is 11.1. The summed E-state index contributed by atoms with van der Waals surface area (Å²) in [6.45, 7) is 0. The monoisotopic (exact) mass is 280 g/mol. The lowest BCUT2D eigenvalue weighted by molar-refractivity contribution is -0.136. The summed E-state index contributed by atoms with van der Waals surface area (Å²) < 4.78 is 5.38. The number of hydrogen-bond acceptors (Lipinski definition) is 3. The van der Waals surface area contributed by atoms with Crippen molar-refractivity contribution in [1.29, 1.82) is 0 Å². The maximum absolute atomic E-state index is 12.6. The van der Waals surface area contributed by atoms with Gasteiger partial charge in [0.05, 0.1) is 18.2 Å². The van der Waals surface area contributed by atoms with Crippen molar-refractivity contribution >= 4 is 22.7 Å². The maximum atomic E-state index is 12.6. The summed E-state index contributed by atoms with van der Waals surface area (Å²) in [5.74, 6) is -1.11. The van der Waals surface area contributed by atoms with Crippen LogP contribution in [-0.4, -0.2) is 16.9 Å². The van der Waals surface area contributed by atoms with E-state index in [4.69, 9.17) is 9.52 Å². The van der Waals surface area contributed by atoms with Gasteiger partial charge in [0.25, 0.3) is 0 Å². The highest BCUT2D eigenvalue weighted by Gasteiger charge is 2.17. The lowest BCUT2D eigenvalue weighted by atomic mass is 9.98. The van der Waals surface area contributed by atoms with Crippen molar-refractivity contribution in [3.8, 4) is 0 Å². The minimum atomic E-state index is -0.934. The van der Waals surface area contributed by atoms with Gasteiger partial charge in [0.1, 0.15) is 5.58 Å². The molecule has 0 radical (unpaired) electrons. The van der Waals surface area contributed by atoms with E-state index in [1.165, 1.54) is 6.26 Å². The average molecular weight is 280 g/mol. The van der Waals surface area contributed by atoms with Crippen molar-refractivity contribution in [2.75, 3.05) is 0 Å². The number of carbonyl (C=O) groups is 2. The van der Waals surface area contributed by atoms with Gasteiger partial charge < -0.3 is 9.52 Å². The van der Waals surface area contributed by atoms with Crippen LogP contribution in [0.25, 0.3) is 11.0 Å². The average Bonchev–Trinajstić information content (AvgIpc) is 2.94. The molecule has 0 aliphatic heterocycles. The van der Waals surface area contributed by atoms with Gasteiger partial charge in [-0.25, -0.2) is 0 Å². The largest absolute Gasteiger partial charge is 0.481 e. The van der Waals surface area contributed by atoms with Crippen molar-refractivity contribution in [2.45, 2.75) is 6.42 Å². The summed E-state index contributed by atoms with van der Waals surface area (Å²) >= 11 is 0. The molecule has 4 nitrogen and oxygen atoms in total. The SMILES string of the molecule is O=C(O)Cc1cc(C(=O)c2ccccc2)c2occc2c1. The van der Waals surface area contributed by atoms with E-state index in [-0.39, 0.29) is 12.2 Å². The van der Waals surface area contributed by atoms with Gasteiger partial charge in [-0.1, -0.05) is 30.3 Å². The fourth-order valence-corrected chi connectivity index (χ4v) is 2.33. The zero-order chi connectivity index (χ0) is 14.8. The van der Waals surface area contributed by atoms with Gasteiger partial charge >= 0.3 is 5.97 Å². The van der Waals surface area contributed by atoms with Gasteiger partial charge in [0.15, 0.2) is 5.78 Å². The highest BCUT2D eigenvalue weighted by Crippen LogP contribution is 2.25. The van der Waals surface area contributed by atoms with Crippen molar-refractivity contribution in [3.05, 3.63) is 71.5 Å². The molecule has 4 heteroatoms. The second-order valence-electron chi connectivity index (χ2n) is 4.75. The Morgan fingerprint density at radius 2 is 1.81 bits per heavy atom. The molecule has 0 unspecified atom stereocenters. The number of fused-ring (bicyclic) bond motifs is 1. The van der Waals surface area contributed by atoms with Crippen molar-refractivity contribution < 1.29 is 19.1 Å². The second-order valence-corrected chi connectivity index (χ2v) is 4.75. The fourth-order valence-electron chi connectivity index (χ4n) is 2.33. The minimum Gasteiger partial charge on any atom is -0.481 e. The first-order valence-electron chi connectivity index (χ1n) is 6.47. The van der Waals surface area contributed by atoms with Crippen LogP contribution in [0.5, 0.6) is 0 Å². The zero-order valence-corrected chi connectivity index (χ0v) is 11.1. The summed E-state index contributed by atoms with van der Waals surface area (Å²) in [5.41, 5.74) is 2.00. The summed E-state index contributed by atoms with van der Waals surface area (Å²) in [6, 6.07) is 13.9. The van der Waals surface area contributed by atoms with Gasteiger partial charge in [-0.3, -0.25) is 9.59 Å². The summed E-state index contributed by atoms with van der Waals surface area (Å²) in [4.78, 5) is 23.5. The number of aliphatic carboxylic acids is 1. The fraction of sp³-hybridized carbons (Fsp3) is 0.0588. The maximum Gasteiger partial charge on any atom is 0.307 e. The van der Waals surface area contributed by atoms with Crippen LogP contribution in [0, 0.1) is 0 Å². The molecule has 0 amide bonds. The minimum absolute atomic E-state index is 0.129. The molecule has 0 spiro atoms. The van der Waals surface area contributed by atoms with Crippen LogP contribution in [-0.2, 0) is 11.2 Å². The van der Waals surface area contributed by atoms with Crippen LogP contribution in [0.3, 0.4) is 0 Å². The van der Waals surface area contributed by atoms with Crippen LogP contribution in [0.15, 0.2) is 59.2 Å². The molecule has 0 saturated carbocycles. The number of benzene rings is 2. The Balaban J connectivity index is 2.14. The summed E-state index contributed by atoms with van der Waals surface area (Å²) in [7, 11) is 0. The number of carboxylic acids is 1. The Morgan fingerprint density at radius 1 is 1.05 bits per heavy atom. The third-order valence-electron chi connectivity index (χ3n) is 3.25. The van der Waals surface area contributed by atoms with Crippen molar-refractivity contribution in [3.63, 3.8) is 0 Å². The van der Waals surface area contributed by atoms with Crippen LogP contribution >= 0.6 is 0 Å². The molecule has 1 heterocycles. The molecular formula is C17H12O4. The molecule has 3 aromatic rings. The lowest BCUT2D eigenvalue weighted by Crippen LogP contribution is -2.05. The third-order valence-corrected chi connectivity index (χ3v) is 3.25. The van der Waals surface area contributed by atoms with Crippen LogP contribution in [0.4, 0.5) is 0 Å². The normalized spacial score (nSPS) is 10.7. The van der Waals surface area contributed by atoms with E-state index in [1.807, 2.05) is 6.07 Å². The molecule has 2 aromatic carbocycles. The van der Waals surface area contributed by atoms with Crippen molar-refractivity contribution in [2.24, 2.45) is 0 Å². The van der Waals surface area contributed by atoms with E-state index in [9.17, 15) is 9.59 Å². The van der Waals surface area contributed by atoms with E-state index < -0.39 is 5.97 Å². The van der Waals surface area contributed by atoms with Gasteiger partial charge in [-0.05, 0) is 23.8 Å². The first-order valence-corrected chi connectivity index (χ1v) is 6.47. The standard InChI is InChI=1S/C17H12O4/c18-15(19)10-11-8-13-6-7-21-17(13)14(9-11)16(20)12-4-2-1-3-5-12/h1-9H,10H2,(H,18,19). The van der Waals surface area contributed by atoms with Crippen LogP contribution in [0.2, 0.25) is 0 Å². The predicted molar refractivity (Wildman–Crippen MR) is 77.4 cm³/mol. The molecule has 0 fully saturated rings. The Bertz CT molecular complexity index is 815. The third kappa shape index (κ3) is 2.56. The first-order chi connectivity index (χ1) is 10.1. The molecule has 0 bridgehead atoms. The molecular weight excluding hydrogens is 268 g/mol. The van der Waals surface area contributed by atoms with Gasteiger partial charge in [-0.2, -0.15) is 0 Å². The smallest absolute Gasteiger partial charge is 0.307 e. The molecule has 1 aromatic heterocycles. The Labute approximate surface area is 120 Å². The van der Waals surface area contributed by atoms with E-state index >= 15 is 0 Å². The number of hydrogen-bond donors (Lipinski definition) is 1. The molecule has 104 valence electrons. The molecule has 21 heavy (non-hydrogen) atoms. The van der Waals surface area contributed by atoms with Crippen molar-refractivity contribution in [1.82, 2.24) is 0 Å². The molecule has 0 saturated heterocycles. The quantitative estimate of drug-likeness (QED) is 0.745. The first kappa shape index (κ1) is 13.1. The van der Waals surface area contributed by atoms with Gasteiger partial charge in [0, 0.05) is 10.9 Å². The highest BCUT2D eigenvalue weighted by molar-refractivity contribution is 6.15. The molecule has 0 aliphatic rings. The van der Waals surface area contributed by atoms with Crippen LogP contribution in [0.1, 0.15) is 21.5 Å². The highest BCUT2D eigenvalue weighted by atomic mass is 16.4. The molecule has 0 atom stereocenters. The van der Waals surface area contributed by atoms with Crippen LogP contribution < -0.4 is 0 Å². The summed E-state index contributed by atoms with van der Waals surface area (Å²) in [5, 5.41) is 9.66. The Morgan fingerprint density at radius 3 is 2.52 bits per heavy atom. The van der Waals surface area contributed by atoms with E-state index in [1.54, 1.807) is 42.5 Å². The number of ketones is 1. The lowest BCUT2D eigenvalue weighted by Gasteiger charge is -2.05. The topological polar surface area (TPSA) is 67.5 Å². The van der Waals surface area contributed by atoms with Gasteiger partial charge in [0.2, 0.25) is 0 Å². The number of furan rings is 1. The molecule has 1 N–H and O–H groups in total. The molecule has 3 rings (SSSR count). The van der Waals surface area contributed by atoms with E-state index in [0.717, 1.165) is 5.39 Å². The van der Waals surface area contributed by atoms with E-state index in [0.29, 0.717) is 22.3 Å². The number of carbonyl (C=O) groups excluding carboxylic acids is 1. The second kappa shape index (κ2) is 5.25.